The van der Waals surface area contributed by atoms with Gasteiger partial charge in [-0.05, 0) is 17.7 Å². The molecule has 0 aliphatic heterocycles. The van der Waals surface area contributed by atoms with Crippen LogP contribution in [0.2, 0.25) is 0 Å². The number of carbonyl (C=O) groups is 1. The van der Waals surface area contributed by atoms with Crippen molar-refractivity contribution < 1.29 is 9.53 Å². The molecule has 1 amide bonds. The predicted molar refractivity (Wildman–Crippen MR) is 98.7 cm³/mol. The van der Waals surface area contributed by atoms with Crippen molar-refractivity contribution in [3.05, 3.63) is 83.9 Å². The van der Waals surface area contributed by atoms with Gasteiger partial charge in [0.05, 0.1) is 36.6 Å². The summed E-state index contributed by atoms with van der Waals surface area (Å²) in [5.74, 6) is -0.114. The molecule has 0 aliphatic rings. The maximum atomic E-state index is 12.9. The molecule has 0 spiro atoms. The predicted octanol–water partition coefficient (Wildman–Crippen LogP) is 2.79. The summed E-state index contributed by atoms with van der Waals surface area (Å²) in [6.45, 7) is 0.997. The molecule has 6 heteroatoms. The van der Waals surface area contributed by atoms with Crippen molar-refractivity contribution in [3.8, 4) is 0 Å². The average Bonchev–Trinajstić information content (AvgIpc) is 3.15. The Labute approximate surface area is 153 Å². The van der Waals surface area contributed by atoms with Crippen molar-refractivity contribution in [2.75, 3.05) is 20.8 Å². The summed E-state index contributed by atoms with van der Waals surface area (Å²) in [4.78, 5) is 18.9. The van der Waals surface area contributed by atoms with Gasteiger partial charge in [-0.3, -0.25) is 14.5 Å². The molecule has 3 rings (SSSR count). The first-order valence-electron chi connectivity index (χ1n) is 8.42. The summed E-state index contributed by atoms with van der Waals surface area (Å²) in [5.41, 5.74) is 2.47. The normalized spacial score (nSPS) is 11.9. The molecule has 0 aliphatic carbocycles. The molecule has 2 heterocycles. The molecule has 1 aromatic carbocycles. The molecule has 0 fully saturated rings. The molecule has 0 N–H and O–H groups in total. The van der Waals surface area contributed by atoms with Gasteiger partial charge in [-0.1, -0.05) is 36.4 Å². The highest BCUT2D eigenvalue weighted by atomic mass is 16.5. The smallest absolute Gasteiger partial charge is 0.257 e. The summed E-state index contributed by atoms with van der Waals surface area (Å²) >= 11 is 0. The van der Waals surface area contributed by atoms with E-state index < -0.39 is 0 Å². The van der Waals surface area contributed by atoms with Crippen molar-refractivity contribution in [1.29, 1.82) is 0 Å². The van der Waals surface area contributed by atoms with Crippen LogP contribution in [0.1, 0.15) is 27.7 Å². The molecular weight excluding hydrogens is 328 g/mol. The quantitative estimate of drug-likeness (QED) is 0.657. The summed E-state index contributed by atoms with van der Waals surface area (Å²) in [5, 5.41) is 4.32. The summed E-state index contributed by atoms with van der Waals surface area (Å²) in [6.07, 6.45) is 5.09. The number of benzene rings is 1. The summed E-state index contributed by atoms with van der Waals surface area (Å²) in [7, 11) is 3.38. The first-order chi connectivity index (χ1) is 12.7. The summed E-state index contributed by atoms with van der Waals surface area (Å²) in [6, 6.07) is 15.4. The van der Waals surface area contributed by atoms with E-state index in [2.05, 4.69) is 10.1 Å². The number of rotatable bonds is 7. The third kappa shape index (κ3) is 4.15. The van der Waals surface area contributed by atoms with E-state index in [1.165, 1.54) is 0 Å². The van der Waals surface area contributed by atoms with E-state index in [9.17, 15) is 4.79 Å². The number of carbonyl (C=O) groups excluding carboxylic acids is 1. The second-order valence-corrected chi connectivity index (χ2v) is 6.05. The lowest BCUT2D eigenvalue weighted by Crippen LogP contribution is -2.34. The van der Waals surface area contributed by atoms with Gasteiger partial charge in [-0.25, -0.2) is 0 Å². The Bertz CT molecular complexity index is 833. The number of aromatic nitrogens is 3. The topological polar surface area (TPSA) is 60.2 Å². The SMILES string of the molecule is COCC(c1ccccn1)N(C)C(=O)c1cnn(Cc2ccccc2)c1. The van der Waals surface area contributed by atoms with Crippen molar-refractivity contribution >= 4 is 5.91 Å². The monoisotopic (exact) mass is 350 g/mol. The first kappa shape index (κ1) is 17.8. The van der Waals surface area contributed by atoms with Crippen LogP contribution in [0.5, 0.6) is 0 Å². The zero-order chi connectivity index (χ0) is 18.4. The standard InChI is InChI=1S/C20H22N4O2/c1-23(19(15-26-2)18-10-6-7-11-21-18)20(25)17-12-22-24(14-17)13-16-8-4-3-5-9-16/h3-12,14,19H,13,15H2,1-2H3. The molecule has 0 saturated heterocycles. The minimum absolute atomic E-state index is 0.114. The second-order valence-electron chi connectivity index (χ2n) is 6.05. The van der Waals surface area contributed by atoms with E-state index in [0.29, 0.717) is 18.7 Å². The molecule has 0 radical (unpaired) electrons. The molecule has 0 saturated carbocycles. The van der Waals surface area contributed by atoms with Gasteiger partial charge in [0, 0.05) is 26.6 Å². The number of amides is 1. The maximum absolute atomic E-state index is 12.9. The Morgan fingerprint density at radius 3 is 2.65 bits per heavy atom. The fraction of sp³-hybridized carbons (Fsp3) is 0.250. The van der Waals surface area contributed by atoms with Gasteiger partial charge in [0.1, 0.15) is 0 Å². The van der Waals surface area contributed by atoms with Crippen LogP contribution in [0.15, 0.2) is 67.1 Å². The van der Waals surface area contributed by atoms with Gasteiger partial charge >= 0.3 is 0 Å². The van der Waals surface area contributed by atoms with E-state index in [0.717, 1.165) is 11.3 Å². The Morgan fingerprint density at radius 2 is 1.96 bits per heavy atom. The van der Waals surface area contributed by atoms with E-state index in [1.807, 2.05) is 48.5 Å². The zero-order valence-corrected chi connectivity index (χ0v) is 14.9. The Hall–Kier alpha value is -2.99. The molecule has 1 atom stereocenters. The molecule has 6 nitrogen and oxygen atoms in total. The van der Waals surface area contributed by atoms with Gasteiger partial charge in [0.2, 0.25) is 0 Å². The number of methoxy groups -OCH3 is 1. The fourth-order valence-electron chi connectivity index (χ4n) is 2.80. The van der Waals surface area contributed by atoms with Gasteiger partial charge in [-0.2, -0.15) is 5.10 Å². The maximum Gasteiger partial charge on any atom is 0.257 e. The number of nitrogens with zero attached hydrogens (tertiary/aromatic N) is 4. The zero-order valence-electron chi connectivity index (χ0n) is 14.9. The molecule has 26 heavy (non-hydrogen) atoms. The van der Waals surface area contributed by atoms with E-state index >= 15 is 0 Å². The number of pyridine rings is 1. The molecule has 134 valence electrons. The van der Waals surface area contributed by atoms with Crippen LogP contribution < -0.4 is 0 Å². The minimum Gasteiger partial charge on any atom is -0.382 e. The van der Waals surface area contributed by atoms with Crippen molar-refractivity contribution in [3.63, 3.8) is 0 Å². The van der Waals surface area contributed by atoms with Crippen LogP contribution in [0, 0.1) is 0 Å². The van der Waals surface area contributed by atoms with Crippen LogP contribution in [-0.4, -0.2) is 46.3 Å². The van der Waals surface area contributed by atoms with Crippen molar-refractivity contribution in [1.82, 2.24) is 19.7 Å². The minimum atomic E-state index is -0.258. The number of hydrogen-bond acceptors (Lipinski definition) is 4. The first-order valence-corrected chi connectivity index (χ1v) is 8.42. The Balaban J connectivity index is 1.75. The van der Waals surface area contributed by atoms with Crippen LogP contribution in [0.4, 0.5) is 0 Å². The van der Waals surface area contributed by atoms with Gasteiger partial charge in [0.25, 0.3) is 5.91 Å². The third-order valence-electron chi connectivity index (χ3n) is 4.21. The fourth-order valence-corrected chi connectivity index (χ4v) is 2.80. The van der Waals surface area contributed by atoms with Crippen molar-refractivity contribution in [2.24, 2.45) is 0 Å². The Kier molecular flexibility index (Phi) is 5.76. The lowest BCUT2D eigenvalue weighted by atomic mass is 10.1. The lowest BCUT2D eigenvalue weighted by molar-refractivity contribution is 0.0595. The molecule has 2 aromatic heterocycles. The highest BCUT2D eigenvalue weighted by Crippen LogP contribution is 2.20. The van der Waals surface area contributed by atoms with Gasteiger partial charge < -0.3 is 9.64 Å². The van der Waals surface area contributed by atoms with Crippen molar-refractivity contribution in [2.45, 2.75) is 12.6 Å². The van der Waals surface area contributed by atoms with E-state index in [1.54, 1.807) is 42.3 Å². The molecular formula is C20H22N4O2. The molecule has 1 unspecified atom stereocenters. The Morgan fingerprint density at radius 1 is 1.19 bits per heavy atom. The van der Waals surface area contributed by atoms with E-state index in [-0.39, 0.29) is 11.9 Å². The average molecular weight is 350 g/mol. The number of ether oxygens (including phenoxy) is 1. The highest BCUT2D eigenvalue weighted by molar-refractivity contribution is 5.93. The third-order valence-corrected chi connectivity index (χ3v) is 4.21. The van der Waals surface area contributed by atoms with Crippen LogP contribution >= 0.6 is 0 Å². The molecule has 0 bridgehead atoms. The van der Waals surface area contributed by atoms with E-state index in [4.69, 9.17) is 4.74 Å². The number of hydrogen-bond donors (Lipinski definition) is 0. The van der Waals surface area contributed by atoms with Gasteiger partial charge in [-0.15, -0.1) is 0 Å². The van der Waals surface area contributed by atoms with Crippen LogP contribution in [0.25, 0.3) is 0 Å². The second kappa shape index (κ2) is 8.40. The van der Waals surface area contributed by atoms with Crippen LogP contribution in [0.3, 0.4) is 0 Å². The number of likely N-dealkylation sites (N-methyl/N-ethyl adjacent to an activating group) is 1. The van der Waals surface area contributed by atoms with Crippen LogP contribution in [-0.2, 0) is 11.3 Å². The lowest BCUT2D eigenvalue weighted by Gasteiger charge is -2.26. The summed E-state index contributed by atoms with van der Waals surface area (Å²) < 4.78 is 7.06. The highest BCUT2D eigenvalue weighted by Gasteiger charge is 2.24. The van der Waals surface area contributed by atoms with Gasteiger partial charge in [0.15, 0.2) is 0 Å². The largest absolute Gasteiger partial charge is 0.382 e. The molecule has 3 aromatic rings.